The number of ether oxygens (including phenoxy) is 1. The van der Waals surface area contributed by atoms with Crippen LogP contribution in [0.1, 0.15) is 0 Å². The molecule has 0 aliphatic rings. The SMILES string of the molecule is COc1cc(N)c(Cl)cc1-c1nc(-c2ncn[nH]2)no1. The summed E-state index contributed by atoms with van der Waals surface area (Å²) in [5.41, 5.74) is 6.67. The summed E-state index contributed by atoms with van der Waals surface area (Å²) in [6.07, 6.45) is 1.35. The predicted octanol–water partition coefficient (Wildman–Crippen LogP) is 1.77. The fourth-order valence-electron chi connectivity index (χ4n) is 1.65. The highest BCUT2D eigenvalue weighted by molar-refractivity contribution is 6.33. The second-order valence-electron chi connectivity index (χ2n) is 3.83. The lowest BCUT2D eigenvalue weighted by Gasteiger charge is -2.07. The third-order valence-electron chi connectivity index (χ3n) is 2.60. The maximum absolute atomic E-state index is 6.00. The number of halogens is 1. The third-order valence-corrected chi connectivity index (χ3v) is 2.93. The number of benzene rings is 1. The van der Waals surface area contributed by atoms with Gasteiger partial charge in [-0.25, -0.2) is 4.98 Å². The topological polar surface area (TPSA) is 116 Å². The minimum absolute atomic E-state index is 0.246. The van der Waals surface area contributed by atoms with Crippen molar-refractivity contribution in [2.24, 2.45) is 0 Å². The van der Waals surface area contributed by atoms with Crippen molar-refractivity contribution in [3.05, 3.63) is 23.5 Å². The Morgan fingerprint density at radius 1 is 1.40 bits per heavy atom. The Balaban J connectivity index is 2.07. The van der Waals surface area contributed by atoms with Gasteiger partial charge in [-0.05, 0) is 6.07 Å². The Hall–Kier alpha value is -2.61. The van der Waals surface area contributed by atoms with Crippen molar-refractivity contribution < 1.29 is 9.26 Å². The molecule has 102 valence electrons. The van der Waals surface area contributed by atoms with Gasteiger partial charge in [0.15, 0.2) is 5.82 Å². The molecular weight excluding hydrogens is 284 g/mol. The van der Waals surface area contributed by atoms with Crippen LogP contribution in [0, 0.1) is 0 Å². The zero-order chi connectivity index (χ0) is 14.1. The van der Waals surface area contributed by atoms with Crippen LogP contribution < -0.4 is 10.5 Å². The number of nitrogen functional groups attached to an aromatic ring is 1. The number of nitrogens with zero attached hydrogens (tertiary/aromatic N) is 4. The van der Waals surface area contributed by atoms with E-state index < -0.39 is 0 Å². The molecule has 20 heavy (non-hydrogen) atoms. The Kier molecular flexibility index (Phi) is 2.99. The van der Waals surface area contributed by atoms with E-state index >= 15 is 0 Å². The number of nitrogens with two attached hydrogens (primary N) is 1. The fraction of sp³-hybridized carbons (Fsp3) is 0.0909. The second kappa shape index (κ2) is 4.82. The third kappa shape index (κ3) is 2.05. The molecule has 0 fully saturated rings. The fourth-order valence-corrected chi connectivity index (χ4v) is 1.81. The van der Waals surface area contributed by atoms with Crippen LogP contribution in [0.25, 0.3) is 23.1 Å². The molecule has 9 heteroatoms. The van der Waals surface area contributed by atoms with E-state index in [1.54, 1.807) is 12.1 Å². The summed E-state index contributed by atoms with van der Waals surface area (Å²) in [7, 11) is 1.51. The number of methoxy groups -OCH3 is 1. The number of aromatic nitrogens is 5. The minimum Gasteiger partial charge on any atom is -0.496 e. The van der Waals surface area contributed by atoms with E-state index in [1.165, 1.54) is 13.4 Å². The van der Waals surface area contributed by atoms with Crippen molar-refractivity contribution in [3.8, 4) is 28.9 Å². The maximum atomic E-state index is 6.00. The summed E-state index contributed by atoms with van der Waals surface area (Å²) in [5.74, 6) is 1.42. The van der Waals surface area contributed by atoms with Crippen LogP contribution >= 0.6 is 11.6 Å². The number of hydrogen-bond donors (Lipinski definition) is 2. The van der Waals surface area contributed by atoms with Gasteiger partial charge in [-0.1, -0.05) is 16.8 Å². The van der Waals surface area contributed by atoms with Crippen LogP contribution in [-0.4, -0.2) is 32.4 Å². The standard InChI is InChI=1S/C11H9ClN6O2/c1-19-8-3-7(13)6(12)2-5(8)11-16-10(18-20-11)9-14-4-15-17-9/h2-4H,13H2,1H3,(H,14,15,17). The highest BCUT2D eigenvalue weighted by Crippen LogP contribution is 2.35. The number of rotatable bonds is 3. The van der Waals surface area contributed by atoms with Gasteiger partial charge in [0.1, 0.15) is 12.1 Å². The van der Waals surface area contributed by atoms with Crippen LogP contribution in [-0.2, 0) is 0 Å². The summed E-state index contributed by atoms with van der Waals surface area (Å²) >= 11 is 6.00. The molecule has 3 aromatic rings. The minimum atomic E-state index is 0.246. The van der Waals surface area contributed by atoms with E-state index in [1.807, 2.05) is 0 Å². The molecule has 2 heterocycles. The molecule has 2 aromatic heterocycles. The van der Waals surface area contributed by atoms with Gasteiger partial charge >= 0.3 is 0 Å². The highest BCUT2D eigenvalue weighted by atomic mass is 35.5. The zero-order valence-electron chi connectivity index (χ0n) is 10.3. The largest absolute Gasteiger partial charge is 0.496 e. The number of nitrogens with one attached hydrogen (secondary N) is 1. The number of anilines is 1. The van der Waals surface area contributed by atoms with Gasteiger partial charge in [0.25, 0.3) is 5.89 Å². The number of H-pyrrole nitrogens is 1. The lowest BCUT2D eigenvalue weighted by molar-refractivity contribution is 0.405. The van der Waals surface area contributed by atoms with E-state index in [-0.39, 0.29) is 11.7 Å². The van der Waals surface area contributed by atoms with E-state index in [2.05, 4.69) is 25.3 Å². The lowest BCUT2D eigenvalue weighted by atomic mass is 10.2. The number of hydrogen-bond acceptors (Lipinski definition) is 7. The molecule has 8 nitrogen and oxygen atoms in total. The van der Waals surface area contributed by atoms with Crippen molar-refractivity contribution in [1.29, 1.82) is 0 Å². The van der Waals surface area contributed by atoms with Gasteiger partial charge in [-0.2, -0.15) is 10.1 Å². The average molecular weight is 293 g/mol. The molecule has 0 spiro atoms. The smallest absolute Gasteiger partial charge is 0.262 e. The van der Waals surface area contributed by atoms with Gasteiger partial charge in [-0.3, -0.25) is 5.10 Å². The molecule has 0 unspecified atom stereocenters. The first-order valence-electron chi connectivity index (χ1n) is 5.52. The van der Waals surface area contributed by atoms with Crippen molar-refractivity contribution in [3.63, 3.8) is 0 Å². The van der Waals surface area contributed by atoms with Gasteiger partial charge in [-0.15, -0.1) is 0 Å². The van der Waals surface area contributed by atoms with Crippen LogP contribution in [0.3, 0.4) is 0 Å². The molecule has 0 aliphatic heterocycles. The Bertz CT molecular complexity index is 739. The summed E-state index contributed by atoms with van der Waals surface area (Å²) in [6.45, 7) is 0. The summed E-state index contributed by atoms with van der Waals surface area (Å²) in [6, 6.07) is 3.20. The van der Waals surface area contributed by atoms with Crippen LogP contribution in [0.4, 0.5) is 5.69 Å². The summed E-state index contributed by atoms with van der Waals surface area (Å²) in [4.78, 5) is 8.15. The molecule has 3 N–H and O–H groups in total. The van der Waals surface area contributed by atoms with E-state index in [0.717, 1.165) is 0 Å². The first-order chi connectivity index (χ1) is 9.69. The van der Waals surface area contributed by atoms with Crippen LogP contribution in [0.15, 0.2) is 23.0 Å². The molecule has 1 aromatic carbocycles. The maximum Gasteiger partial charge on any atom is 0.262 e. The highest BCUT2D eigenvalue weighted by Gasteiger charge is 2.17. The van der Waals surface area contributed by atoms with E-state index in [0.29, 0.717) is 27.8 Å². The molecule has 0 atom stereocenters. The monoisotopic (exact) mass is 292 g/mol. The van der Waals surface area contributed by atoms with E-state index in [9.17, 15) is 0 Å². The molecule has 3 rings (SSSR count). The predicted molar refractivity (Wildman–Crippen MR) is 71.1 cm³/mol. The second-order valence-corrected chi connectivity index (χ2v) is 4.24. The normalized spacial score (nSPS) is 10.7. The molecule has 0 aliphatic carbocycles. The molecule has 0 radical (unpaired) electrons. The zero-order valence-corrected chi connectivity index (χ0v) is 11.0. The molecule has 0 amide bonds. The Labute approximate surface area is 117 Å². The van der Waals surface area contributed by atoms with Crippen molar-refractivity contribution in [2.45, 2.75) is 0 Å². The Morgan fingerprint density at radius 3 is 2.95 bits per heavy atom. The summed E-state index contributed by atoms with van der Waals surface area (Å²) in [5, 5.41) is 10.6. The molecular formula is C11H9ClN6O2. The van der Waals surface area contributed by atoms with Crippen molar-refractivity contribution >= 4 is 17.3 Å². The van der Waals surface area contributed by atoms with Gasteiger partial charge in [0.05, 0.1) is 23.4 Å². The van der Waals surface area contributed by atoms with E-state index in [4.69, 9.17) is 26.6 Å². The van der Waals surface area contributed by atoms with Gasteiger partial charge in [0.2, 0.25) is 5.82 Å². The van der Waals surface area contributed by atoms with Crippen molar-refractivity contribution in [2.75, 3.05) is 12.8 Å². The first-order valence-corrected chi connectivity index (χ1v) is 5.89. The van der Waals surface area contributed by atoms with Crippen LogP contribution in [0.2, 0.25) is 5.02 Å². The summed E-state index contributed by atoms with van der Waals surface area (Å²) < 4.78 is 10.4. The quantitative estimate of drug-likeness (QED) is 0.707. The lowest BCUT2D eigenvalue weighted by Crippen LogP contribution is -1.93. The molecule has 0 saturated heterocycles. The number of aromatic amines is 1. The molecule has 0 bridgehead atoms. The van der Waals surface area contributed by atoms with Gasteiger partial charge in [0, 0.05) is 6.07 Å². The van der Waals surface area contributed by atoms with Crippen LogP contribution in [0.5, 0.6) is 5.75 Å². The average Bonchev–Trinajstić information content (AvgIpc) is 3.10. The first kappa shape index (κ1) is 12.4. The Morgan fingerprint density at radius 2 is 2.25 bits per heavy atom. The van der Waals surface area contributed by atoms with Crippen molar-refractivity contribution in [1.82, 2.24) is 25.3 Å². The molecule has 0 saturated carbocycles. The van der Waals surface area contributed by atoms with Gasteiger partial charge < -0.3 is 15.0 Å².